The van der Waals surface area contributed by atoms with Crippen LogP contribution in [0.15, 0.2) is 10.6 Å². The maximum atomic E-state index is 5.09. The molecule has 0 atom stereocenters. The number of ether oxygens (including phenoxy) is 1. The SMILES string of the molecule is CCCNc1cc(NCc2noc(C)n2)nc(COC)n1. The predicted octanol–water partition coefficient (Wildman–Crippen LogP) is 1.75. The smallest absolute Gasteiger partial charge is 0.223 e. The molecule has 0 aliphatic carbocycles. The molecule has 0 bridgehead atoms. The molecule has 21 heavy (non-hydrogen) atoms. The molecule has 0 amide bonds. The van der Waals surface area contributed by atoms with Crippen molar-refractivity contribution < 1.29 is 9.26 Å². The number of nitrogens with zero attached hydrogens (tertiary/aromatic N) is 4. The average Bonchev–Trinajstić information content (AvgIpc) is 2.89. The summed E-state index contributed by atoms with van der Waals surface area (Å²) in [6.07, 6.45) is 1.02. The van der Waals surface area contributed by atoms with Gasteiger partial charge in [0.1, 0.15) is 18.2 Å². The average molecular weight is 292 g/mol. The third kappa shape index (κ3) is 4.67. The van der Waals surface area contributed by atoms with E-state index in [0.29, 0.717) is 36.5 Å². The summed E-state index contributed by atoms with van der Waals surface area (Å²) in [5.41, 5.74) is 0. The van der Waals surface area contributed by atoms with Crippen LogP contribution >= 0.6 is 0 Å². The Kier molecular flexibility index (Phi) is 5.44. The van der Waals surface area contributed by atoms with Crippen LogP contribution < -0.4 is 10.6 Å². The molecule has 8 nitrogen and oxygen atoms in total. The Hall–Kier alpha value is -2.22. The summed E-state index contributed by atoms with van der Waals surface area (Å²) >= 11 is 0. The molecule has 8 heteroatoms. The van der Waals surface area contributed by atoms with Gasteiger partial charge in [-0.1, -0.05) is 12.1 Å². The number of hydrogen-bond acceptors (Lipinski definition) is 8. The zero-order valence-electron chi connectivity index (χ0n) is 12.5. The minimum absolute atomic E-state index is 0.359. The predicted molar refractivity (Wildman–Crippen MR) is 77.9 cm³/mol. The van der Waals surface area contributed by atoms with Crippen molar-refractivity contribution >= 4 is 11.6 Å². The Morgan fingerprint density at radius 1 is 1.14 bits per heavy atom. The Labute approximate surface area is 123 Å². The zero-order chi connectivity index (χ0) is 15.1. The van der Waals surface area contributed by atoms with Gasteiger partial charge in [-0.3, -0.25) is 0 Å². The Bertz CT molecular complexity index is 572. The zero-order valence-corrected chi connectivity index (χ0v) is 12.5. The molecule has 0 spiro atoms. The van der Waals surface area contributed by atoms with E-state index in [1.807, 2.05) is 6.07 Å². The third-order valence-electron chi connectivity index (χ3n) is 2.60. The van der Waals surface area contributed by atoms with Crippen molar-refractivity contribution in [1.82, 2.24) is 20.1 Å². The van der Waals surface area contributed by atoms with E-state index in [1.54, 1.807) is 14.0 Å². The lowest BCUT2D eigenvalue weighted by Crippen LogP contribution is -2.10. The van der Waals surface area contributed by atoms with Crippen molar-refractivity contribution in [3.8, 4) is 0 Å². The Morgan fingerprint density at radius 3 is 2.52 bits per heavy atom. The highest BCUT2D eigenvalue weighted by atomic mass is 16.5. The first kappa shape index (κ1) is 15.2. The number of aryl methyl sites for hydroxylation is 1. The van der Waals surface area contributed by atoms with Gasteiger partial charge < -0.3 is 19.9 Å². The second-order valence-electron chi connectivity index (χ2n) is 4.50. The summed E-state index contributed by atoms with van der Waals surface area (Å²) in [4.78, 5) is 12.9. The van der Waals surface area contributed by atoms with Gasteiger partial charge in [0.2, 0.25) is 5.89 Å². The van der Waals surface area contributed by atoms with Crippen LogP contribution in [0.1, 0.15) is 30.9 Å². The van der Waals surface area contributed by atoms with Crippen LogP contribution in [0.5, 0.6) is 0 Å². The lowest BCUT2D eigenvalue weighted by Gasteiger charge is -2.09. The molecular weight excluding hydrogens is 272 g/mol. The van der Waals surface area contributed by atoms with E-state index < -0.39 is 0 Å². The monoisotopic (exact) mass is 292 g/mol. The van der Waals surface area contributed by atoms with E-state index in [0.717, 1.165) is 18.8 Å². The summed E-state index contributed by atoms with van der Waals surface area (Å²) in [6.45, 7) is 5.51. The second-order valence-corrected chi connectivity index (χ2v) is 4.50. The van der Waals surface area contributed by atoms with Crippen LogP contribution in [0.2, 0.25) is 0 Å². The van der Waals surface area contributed by atoms with Crippen molar-refractivity contribution in [2.75, 3.05) is 24.3 Å². The van der Waals surface area contributed by atoms with Crippen molar-refractivity contribution in [3.63, 3.8) is 0 Å². The quantitative estimate of drug-likeness (QED) is 0.759. The van der Waals surface area contributed by atoms with Crippen molar-refractivity contribution in [2.45, 2.75) is 33.4 Å². The van der Waals surface area contributed by atoms with Crippen LogP contribution in [0.25, 0.3) is 0 Å². The number of methoxy groups -OCH3 is 1. The Morgan fingerprint density at radius 2 is 1.90 bits per heavy atom. The lowest BCUT2D eigenvalue weighted by molar-refractivity contribution is 0.178. The number of anilines is 2. The molecule has 0 radical (unpaired) electrons. The highest BCUT2D eigenvalue weighted by Gasteiger charge is 2.06. The van der Waals surface area contributed by atoms with E-state index in [9.17, 15) is 0 Å². The van der Waals surface area contributed by atoms with Crippen LogP contribution in [0.4, 0.5) is 11.6 Å². The molecule has 114 valence electrons. The second kappa shape index (κ2) is 7.53. The van der Waals surface area contributed by atoms with Crippen molar-refractivity contribution in [1.29, 1.82) is 0 Å². The molecule has 0 saturated heterocycles. The first-order chi connectivity index (χ1) is 10.2. The first-order valence-electron chi connectivity index (χ1n) is 6.85. The van der Waals surface area contributed by atoms with Gasteiger partial charge in [-0.25, -0.2) is 9.97 Å². The van der Waals surface area contributed by atoms with Crippen LogP contribution in [-0.4, -0.2) is 33.8 Å². The maximum absolute atomic E-state index is 5.09. The molecular formula is C13H20N6O2. The van der Waals surface area contributed by atoms with Gasteiger partial charge in [0.15, 0.2) is 11.6 Å². The molecule has 0 aliphatic rings. The largest absolute Gasteiger partial charge is 0.377 e. The fraction of sp³-hybridized carbons (Fsp3) is 0.538. The van der Waals surface area contributed by atoms with E-state index >= 15 is 0 Å². The fourth-order valence-electron chi connectivity index (χ4n) is 1.71. The van der Waals surface area contributed by atoms with Gasteiger partial charge in [-0.15, -0.1) is 0 Å². The minimum atomic E-state index is 0.359. The molecule has 0 unspecified atom stereocenters. The number of aromatic nitrogens is 4. The van der Waals surface area contributed by atoms with E-state index in [2.05, 4.69) is 37.7 Å². The van der Waals surface area contributed by atoms with E-state index in [1.165, 1.54) is 0 Å². The molecule has 0 aromatic carbocycles. The molecule has 2 rings (SSSR count). The molecule has 2 aromatic heterocycles. The highest BCUT2D eigenvalue weighted by molar-refractivity contribution is 5.47. The summed E-state index contributed by atoms with van der Waals surface area (Å²) in [7, 11) is 1.62. The van der Waals surface area contributed by atoms with Gasteiger partial charge in [0, 0.05) is 26.6 Å². The fourth-order valence-corrected chi connectivity index (χ4v) is 1.71. The summed E-state index contributed by atoms with van der Waals surface area (Å²) < 4.78 is 10.0. The van der Waals surface area contributed by atoms with Crippen LogP contribution in [0.3, 0.4) is 0 Å². The van der Waals surface area contributed by atoms with Gasteiger partial charge >= 0.3 is 0 Å². The summed E-state index contributed by atoms with van der Waals surface area (Å²) in [6, 6.07) is 1.85. The molecule has 0 fully saturated rings. The van der Waals surface area contributed by atoms with Gasteiger partial charge in [-0.2, -0.15) is 4.98 Å². The van der Waals surface area contributed by atoms with Crippen molar-refractivity contribution in [2.24, 2.45) is 0 Å². The molecule has 0 aliphatic heterocycles. The van der Waals surface area contributed by atoms with Crippen LogP contribution in [0, 0.1) is 6.92 Å². The first-order valence-corrected chi connectivity index (χ1v) is 6.85. The van der Waals surface area contributed by atoms with Crippen LogP contribution in [-0.2, 0) is 17.9 Å². The van der Waals surface area contributed by atoms with E-state index in [4.69, 9.17) is 9.26 Å². The van der Waals surface area contributed by atoms with Gasteiger partial charge in [0.05, 0.1) is 6.54 Å². The normalized spacial score (nSPS) is 10.6. The number of nitrogens with one attached hydrogen (secondary N) is 2. The Balaban J connectivity index is 2.07. The minimum Gasteiger partial charge on any atom is -0.377 e. The summed E-state index contributed by atoms with van der Waals surface area (Å²) in [5, 5.41) is 10.2. The van der Waals surface area contributed by atoms with E-state index in [-0.39, 0.29) is 0 Å². The standard InChI is InChI=1S/C13H20N6O2/c1-4-5-14-10-6-11(18-13(17-10)8-20-3)15-7-12-16-9(2)21-19-12/h6H,4-5,7-8H2,1-3H3,(H2,14,15,17,18). The van der Waals surface area contributed by atoms with Crippen molar-refractivity contribution in [3.05, 3.63) is 23.6 Å². The number of rotatable bonds is 8. The maximum Gasteiger partial charge on any atom is 0.223 e. The molecule has 2 aromatic rings. The molecule has 2 heterocycles. The highest BCUT2D eigenvalue weighted by Crippen LogP contribution is 2.13. The lowest BCUT2D eigenvalue weighted by atomic mass is 10.4. The van der Waals surface area contributed by atoms with Gasteiger partial charge in [-0.05, 0) is 6.42 Å². The van der Waals surface area contributed by atoms with Gasteiger partial charge in [0.25, 0.3) is 0 Å². The number of hydrogen-bond donors (Lipinski definition) is 2. The topological polar surface area (TPSA) is 98.0 Å². The molecule has 0 saturated carbocycles. The summed E-state index contributed by atoms with van der Waals surface area (Å²) in [5.74, 6) is 3.21. The molecule has 2 N–H and O–H groups in total. The third-order valence-corrected chi connectivity index (χ3v) is 2.60.